The molecule has 0 spiro atoms. The molecule has 2 atom stereocenters. The van der Waals surface area contributed by atoms with Crippen molar-refractivity contribution in [2.24, 2.45) is 5.92 Å². The molecule has 2 rings (SSSR count). The molecule has 1 aromatic rings. The van der Waals surface area contributed by atoms with Crippen LogP contribution in [0.15, 0.2) is 24.3 Å². The number of hydrogen-bond donors (Lipinski definition) is 1. The second-order valence-corrected chi connectivity index (χ2v) is 6.27. The highest BCUT2D eigenvalue weighted by Crippen LogP contribution is 2.36. The van der Waals surface area contributed by atoms with Crippen molar-refractivity contribution in [3.05, 3.63) is 29.8 Å². The van der Waals surface area contributed by atoms with Crippen LogP contribution in [0.1, 0.15) is 57.9 Å². The molecule has 0 radical (unpaired) electrons. The molecule has 2 nitrogen and oxygen atoms in total. The van der Waals surface area contributed by atoms with Crippen LogP contribution in [0.25, 0.3) is 0 Å². The van der Waals surface area contributed by atoms with E-state index in [-0.39, 0.29) is 0 Å². The fourth-order valence-electron chi connectivity index (χ4n) is 3.24. The highest BCUT2D eigenvalue weighted by molar-refractivity contribution is 5.38. The Labute approximate surface area is 123 Å². The van der Waals surface area contributed by atoms with Crippen LogP contribution < -0.4 is 10.1 Å². The van der Waals surface area contributed by atoms with Gasteiger partial charge in [-0.2, -0.15) is 0 Å². The summed E-state index contributed by atoms with van der Waals surface area (Å²) in [4.78, 5) is 0. The van der Waals surface area contributed by atoms with Crippen LogP contribution in [-0.4, -0.2) is 19.2 Å². The van der Waals surface area contributed by atoms with Gasteiger partial charge in [-0.15, -0.1) is 0 Å². The van der Waals surface area contributed by atoms with Crippen molar-refractivity contribution in [1.82, 2.24) is 5.32 Å². The smallest absolute Gasteiger partial charge is 0.122 e. The first-order valence-electron chi connectivity index (χ1n) is 8.17. The van der Waals surface area contributed by atoms with Crippen molar-refractivity contribution in [2.75, 3.05) is 13.2 Å². The van der Waals surface area contributed by atoms with Gasteiger partial charge < -0.3 is 10.1 Å². The molecule has 1 heterocycles. The Kier molecular flexibility index (Phi) is 5.90. The summed E-state index contributed by atoms with van der Waals surface area (Å²) >= 11 is 0. The maximum Gasteiger partial charge on any atom is 0.122 e. The summed E-state index contributed by atoms with van der Waals surface area (Å²) in [6, 6.07) is 9.15. The molecule has 20 heavy (non-hydrogen) atoms. The van der Waals surface area contributed by atoms with Gasteiger partial charge in [-0.25, -0.2) is 0 Å². The molecule has 0 aliphatic carbocycles. The van der Waals surface area contributed by atoms with Crippen LogP contribution in [0.4, 0.5) is 0 Å². The second-order valence-electron chi connectivity index (χ2n) is 6.27. The number of para-hydroxylation sites is 1. The molecular weight excluding hydrogens is 246 g/mol. The van der Waals surface area contributed by atoms with Crippen molar-refractivity contribution < 1.29 is 4.74 Å². The zero-order chi connectivity index (χ0) is 14.4. The normalized spacial score (nSPS) is 19.5. The van der Waals surface area contributed by atoms with Gasteiger partial charge in [-0.1, -0.05) is 51.8 Å². The van der Waals surface area contributed by atoms with Crippen LogP contribution in [0.2, 0.25) is 0 Å². The molecule has 0 aromatic heterocycles. The summed E-state index contributed by atoms with van der Waals surface area (Å²) in [7, 11) is 0. The van der Waals surface area contributed by atoms with E-state index in [2.05, 4.69) is 50.4 Å². The Morgan fingerprint density at radius 3 is 2.80 bits per heavy atom. The quantitative estimate of drug-likeness (QED) is 0.798. The fourth-order valence-corrected chi connectivity index (χ4v) is 3.24. The molecule has 2 unspecified atom stereocenters. The topological polar surface area (TPSA) is 21.3 Å². The lowest BCUT2D eigenvalue weighted by molar-refractivity contribution is 0.240. The van der Waals surface area contributed by atoms with Gasteiger partial charge in [0, 0.05) is 12.0 Å². The summed E-state index contributed by atoms with van der Waals surface area (Å²) in [5.74, 6) is 2.50. The minimum atomic E-state index is 0.587. The number of fused-ring (bicyclic) bond motifs is 1. The average Bonchev–Trinajstić information content (AvgIpc) is 2.45. The molecule has 0 saturated heterocycles. The SMILES string of the molecule is CCNC(CCCC(C)C)C1CCOc2ccccc21. The Bertz CT molecular complexity index is 402. The average molecular weight is 275 g/mol. The zero-order valence-electron chi connectivity index (χ0n) is 13.2. The monoisotopic (exact) mass is 275 g/mol. The van der Waals surface area contributed by atoms with Crippen molar-refractivity contribution in [3.63, 3.8) is 0 Å². The minimum Gasteiger partial charge on any atom is -0.493 e. The molecule has 1 aromatic carbocycles. The molecule has 2 heteroatoms. The molecule has 0 amide bonds. The van der Waals surface area contributed by atoms with E-state index in [1.807, 2.05) is 0 Å². The number of benzene rings is 1. The van der Waals surface area contributed by atoms with Gasteiger partial charge in [0.15, 0.2) is 0 Å². The zero-order valence-corrected chi connectivity index (χ0v) is 13.2. The minimum absolute atomic E-state index is 0.587. The fraction of sp³-hybridized carbons (Fsp3) is 0.667. The van der Waals surface area contributed by atoms with Crippen molar-refractivity contribution in [2.45, 2.75) is 58.4 Å². The van der Waals surface area contributed by atoms with Gasteiger partial charge in [0.05, 0.1) is 6.61 Å². The Hall–Kier alpha value is -1.02. The molecule has 1 aliphatic rings. The summed E-state index contributed by atoms with van der Waals surface area (Å²) in [6.45, 7) is 8.73. The second kappa shape index (κ2) is 7.68. The lowest BCUT2D eigenvalue weighted by Crippen LogP contribution is -2.37. The van der Waals surface area contributed by atoms with Gasteiger partial charge >= 0.3 is 0 Å². The lowest BCUT2D eigenvalue weighted by atomic mass is 9.84. The molecule has 112 valence electrons. The number of hydrogen-bond acceptors (Lipinski definition) is 2. The predicted octanol–water partition coefficient (Wildman–Crippen LogP) is 4.36. The summed E-state index contributed by atoms with van der Waals surface area (Å²) in [6.07, 6.45) is 5.04. The van der Waals surface area contributed by atoms with Crippen LogP contribution in [0.3, 0.4) is 0 Å². The molecular formula is C18H29NO. The number of nitrogens with one attached hydrogen (secondary N) is 1. The molecule has 1 N–H and O–H groups in total. The van der Waals surface area contributed by atoms with Gasteiger partial charge in [0.2, 0.25) is 0 Å². The third-order valence-corrected chi connectivity index (χ3v) is 4.25. The Balaban J connectivity index is 2.05. The van der Waals surface area contributed by atoms with Crippen LogP contribution >= 0.6 is 0 Å². The highest BCUT2D eigenvalue weighted by Gasteiger charge is 2.27. The number of ether oxygens (including phenoxy) is 1. The summed E-state index contributed by atoms with van der Waals surface area (Å²) < 4.78 is 5.80. The van der Waals surface area contributed by atoms with E-state index < -0.39 is 0 Å². The maximum absolute atomic E-state index is 5.80. The van der Waals surface area contributed by atoms with Crippen molar-refractivity contribution >= 4 is 0 Å². The van der Waals surface area contributed by atoms with Crippen LogP contribution in [-0.2, 0) is 0 Å². The van der Waals surface area contributed by atoms with E-state index in [0.29, 0.717) is 12.0 Å². The van der Waals surface area contributed by atoms with E-state index in [4.69, 9.17) is 4.74 Å². The summed E-state index contributed by atoms with van der Waals surface area (Å²) in [5, 5.41) is 3.71. The van der Waals surface area contributed by atoms with E-state index in [1.54, 1.807) is 0 Å². The molecule has 0 fully saturated rings. The van der Waals surface area contributed by atoms with Crippen molar-refractivity contribution in [3.8, 4) is 5.75 Å². The molecule has 0 bridgehead atoms. The first-order chi connectivity index (χ1) is 9.72. The van der Waals surface area contributed by atoms with E-state index in [9.17, 15) is 0 Å². The van der Waals surface area contributed by atoms with Gasteiger partial charge in [-0.05, 0) is 36.9 Å². The van der Waals surface area contributed by atoms with E-state index >= 15 is 0 Å². The highest BCUT2D eigenvalue weighted by atomic mass is 16.5. The predicted molar refractivity (Wildman–Crippen MR) is 85.4 cm³/mol. The molecule has 1 aliphatic heterocycles. The number of likely N-dealkylation sites (N-methyl/N-ethyl adjacent to an activating group) is 1. The maximum atomic E-state index is 5.80. The van der Waals surface area contributed by atoms with E-state index in [0.717, 1.165) is 31.2 Å². The first-order valence-corrected chi connectivity index (χ1v) is 8.17. The largest absolute Gasteiger partial charge is 0.493 e. The third-order valence-electron chi connectivity index (χ3n) is 4.25. The van der Waals surface area contributed by atoms with Crippen LogP contribution in [0.5, 0.6) is 5.75 Å². The lowest BCUT2D eigenvalue weighted by Gasteiger charge is -2.33. The van der Waals surface area contributed by atoms with Gasteiger partial charge in [0.25, 0.3) is 0 Å². The van der Waals surface area contributed by atoms with Gasteiger partial charge in [0.1, 0.15) is 5.75 Å². The van der Waals surface area contributed by atoms with E-state index in [1.165, 1.54) is 24.8 Å². The standard InChI is InChI=1S/C18H29NO/c1-4-19-17(10-7-8-14(2)3)15-12-13-20-18-11-6-5-9-16(15)18/h5-6,9,11,14-15,17,19H,4,7-8,10,12-13H2,1-3H3. The van der Waals surface area contributed by atoms with Gasteiger partial charge in [-0.3, -0.25) is 0 Å². The van der Waals surface area contributed by atoms with Crippen molar-refractivity contribution in [1.29, 1.82) is 0 Å². The number of rotatable bonds is 7. The third kappa shape index (κ3) is 3.99. The Morgan fingerprint density at radius 1 is 1.25 bits per heavy atom. The summed E-state index contributed by atoms with van der Waals surface area (Å²) in [5.41, 5.74) is 1.40. The molecule has 0 saturated carbocycles. The Morgan fingerprint density at radius 2 is 2.05 bits per heavy atom. The van der Waals surface area contributed by atoms with Crippen LogP contribution in [0, 0.1) is 5.92 Å². The first kappa shape index (κ1) is 15.4.